The molecule has 5 heteroatoms. The van der Waals surface area contributed by atoms with Crippen molar-refractivity contribution < 1.29 is 18.3 Å². The summed E-state index contributed by atoms with van der Waals surface area (Å²) >= 11 is 3.01. The van der Waals surface area contributed by atoms with E-state index in [2.05, 4.69) is 15.9 Å². The van der Waals surface area contributed by atoms with Crippen LogP contribution in [-0.4, -0.2) is 12.4 Å². The summed E-state index contributed by atoms with van der Waals surface area (Å²) in [6.07, 6.45) is -2.60. The van der Waals surface area contributed by atoms with E-state index >= 15 is 0 Å². The van der Waals surface area contributed by atoms with Crippen LogP contribution in [0.25, 0.3) is 0 Å². The minimum absolute atomic E-state index is 0.173. The van der Waals surface area contributed by atoms with E-state index < -0.39 is 6.43 Å². The highest BCUT2D eigenvalue weighted by Gasteiger charge is 2.18. The molecule has 0 atom stereocenters. The Morgan fingerprint density at radius 1 is 1.50 bits per heavy atom. The second kappa shape index (κ2) is 5.39. The molecular weight excluding hydrogens is 282 g/mol. The first kappa shape index (κ1) is 13.1. The number of Topliss-reactive ketones (excluding diaryl/α,β-unsaturated/α-hetero) is 1. The summed E-state index contributed by atoms with van der Waals surface area (Å²) in [6, 6.07) is 2.57. The molecule has 0 saturated heterocycles. The van der Waals surface area contributed by atoms with Gasteiger partial charge in [-0.15, -0.1) is 0 Å². The van der Waals surface area contributed by atoms with Crippen LogP contribution >= 0.6 is 15.9 Å². The average molecular weight is 293 g/mol. The molecule has 2 nitrogen and oxygen atoms in total. The fourth-order valence-corrected chi connectivity index (χ4v) is 1.80. The number of hydrogen-bond donors (Lipinski definition) is 0. The normalized spacial score (nSPS) is 10.6. The molecular formula is C11H11BrF2O2. The van der Waals surface area contributed by atoms with Crippen molar-refractivity contribution in [2.45, 2.75) is 20.3 Å². The Labute approximate surface area is 101 Å². The van der Waals surface area contributed by atoms with Crippen molar-refractivity contribution in [3.63, 3.8) is 0 Å². The molecule has 0 radical (unpaired) electrons. The van der Waals surface area contributed by atoms with E-state index in [0.29, 0.717) is 12.2 Å². The molecule has 0 aliphatic rings. The highest BCUT2D eigenvalue weighted by atomic mass is 79.9. The van der Waals surface area contributed by atoms with Gasteiger partial charge in [0.05, 0.1) is 12.2 Å². The molecule has 0 amide bonds. The molecule has 1 rings (SSSR count). The van der Waals surface area contributed by atoms with Crippen molar-refractivity contribution in [2.75, 3.05) is 6.61 Å². The summed E-state index contributed by atoms with van der Waals surface area (Å²) in [7, 11) is 0. The van der Waals surface area contributed by atoms with E-state index in [4.69, 9.17) is 4.74 Å². The predicted molar refractivity (Wildman–Crippen MR) is 60.3 cm³/mol. The lowest BCUT2D eigenvalue weighted by Crippen LogP contribution is -2.02. The van der Waals surface area contributed by atoms with Crippen molar-refractivity contribution in [2.24, 2.45) is 0 Å². The Morgan fingerprint density at radius 3 is 2.56 bits per heavy atom. The second-order valence-corrected chi connectivity index (χ2v) is 4.01. The minimum Gasteiger partial charge on any atom is -0.493 e. The van der Waals surface area contributed by atoms with Crippen LogP contribution in [0.4, 0.5) is 8.78 Å². The lowest BCUT2D eigenvalue weighted by atomic mass is 10.1. The smallest absolute Gasteiger partial charge is 0.265 e. The first-order chi connectivity index (χ1) is 7.47. The first-order valence-corrected chi connectivity index (χ1v) is 5.52. The van der Waals surface area contributed by atoms with Crippen LogP contribution in [-0.2, 0) is 0 Å². The van der Waals surface area contributed by atoms with Gasteiger partial charge in [0.1, 0.15) is 5.75 Å². The third kappa shape index (κ3) is 2.78. The molecule has 0 aromatic heterocycles. The summed E-state index contributed by atoms with van der Waals surface area (Å²) in [6.45, 7) is 3.42. The third-order valence-electron chi connectivity index (χ3n) is 2.01. The summed E-state index contributed by atoms with van der Waals surface area (Å²) < 4.78 is 30.6. The second-order valence-electron chi connectivity index (χ2n) is 3.16. The van der Waals surface area contributed by atoms with E-state index in [-0.39, 0.29) is 21.6 Å². The van der Waals surface area contributed by atoms with Crippen LogP contribution in [0.2, 0.25) is 0 Å². The van der Waals surface area contributed by atoms with Gasteiger partial charge in [-0.1, -0.05) is 15.9 Å². The zero-order valence-corrected chi connectivity index (χ0v) is 10.5. The van der Waals surface area contributed by atoms with Crippen LogP contribution in [0.1, 0.15) is 36.2 Å². The van der Waals surface area contributed by atoms with Gasteiger partial charge in [-0.3, -0.25) is 4.79 Å². The van der Waals surface area contributed by atoms with Gasteiger partial charge < -0.3 is 4.74 Å². The van der Waals surface area contributed by atoms with Gasteiger partial charge >= 0.3 is 0 Å². The Balaban J connectivity index is 3.31. The molecule has 0 aliphatic heterocycles. The van der Waals surface area contributed by atoms with Gasteiger partial charge in [0.25, 0.3) is 6.43 Å². The van der Waals surface area contributed by atoms with Gasteiger partial charge in [0, 0.05) is 10.0 Å². The fraction of sp³-hybridized carbons (Fsp3) is 0.364. The summed E-state index contributed by atoms with van der Waals surface area (Å²) in [5.74, 6) is -0.0153. The third-order valence-corrected chi connectivity index (χ3v) is 2.70. The maximum atomic E-state index is 12.6. The van der Waals surface area contributed by atoms with Gasteiger partial charge in [-0.2, -0.15) is 0 Å². The number of ether oxygens (including phenoxy) is 1. The molecule has 0 spiro atoms. The average Bonchev–Trinajstić information content (AvgIpc) is 2.19. The summed E-state index contributed by atoms with van der Waals surface area (Å²) in [5.41, 5.74) is 0.131. The topological polar surface area (TPSA) is 26.3 Å². The van der Waals surface area contributed by atoms with Gasteiger partial charge in [0.2, 0.25) is 0 Å². The molecule has 0 aliphatic carbocycles. The van der Waals surface area contributed by atoms with E-state index in [1.165, 1.54) is 19.1 Å². The van der Waals surface area contributed by atoms with Crippen LogP contribution in [0.15, 0.2) is 16.6 Å². The molecule has 0 unspecified atom stereocenters. The number of halogens is 3. The highest BCUT2D eigenvalue weighted by Crippen LogP contribution is 2.33. The zero-order valence-electron chi connectivity index (χ0n) is 8.89. The fourth-order valence-electron chi connectivity index (χ4n) is 1.29. The van der Waals surface area contributed by atoms with Crippen molar-refractivity contribution in [1.82, 2.24) is 0 Å². The Morgan fingerprint density at radius 2 is 2.12 bits per heavy atom. The Hall–Kier alpha value is -0.970. The molecule has 0 N–H and O–H groups in total. The van der Waals surface area contributed by atoms with E-state index in [1.54, 1.807) is 6.92 Å². The SMILES string of the molecule is CCOc1cc(C(F)F)c(Br)cc1C(C)=O. The summed E-state index contributed by atoms with van der Waals surface area (Å²) in [5, 5.41) is 0. The highest BCUT2D eigenvalue weighted by molar-refractivity contribution is 9.10. The standard InChI is InChI=1S/C11H11BrF2O2/c1-3-16-10-5-8(11(13)14)9(12)4-7(10)6(2)15/h4-5,11H,3H2,1-2H3. The van der Waals surface area contributed by atoms with Gasteiger partial charge in [-0.25, -0.2) is 8.78 Å². The monoisotopic (exact) mass is 292 g/mol. The van der Waals surface area contributed by atoms with Crippen molar-refractivity contribution in [3.8, 4) is 5.75 Å². The maximum absolute atomic E-state index is 12.6. The van der Waals surface area contributed by atoms with E-state index in [9.17, 15) is 13.6 Å². The van der Waals surface area contributed by atoms with Gasteiger partial charge in [0.15, 0.2) is 5.78 Å². The largest absolute Gasteiger partial charge is 0.493 e. The number of hydrogen-bond acceptors (Lipinski definition) is 2. The summed E-state index contributed by atoms with van der Waals surface area (Å²) in [4.78, 5) is 11.3. The number of alkyl halides is 2. The zero-order chi connectivity index (χ0) is 12.3. The van der Waals surface area contributed by atoms with E-state index in [0.717, 1.165) is 0 Å². The van der Waals surface area contributed by atoms with Crippen LogP contribution < -0.4 is 4.74 Å². The van der Waals surface area contributed by atoms with E-state index in [1.807, 2.05) is 0 Å². The lowest BCUT2D eigenvalue weighted by Gasteiger charge is -2.11. The number of rotatable bonds is 4. The maximum Gasteiger partial charge on any atom is 0.265 e. The predicted octanol–water partition coefficient (Wildman–Crippen LogP) is 3.99. The quantitative estimate of drug-likeness (QED) is 0.785. The molecule has 0 fully saturated rings. The van der Waals surface area contributed by atoms with Gasteiger partial charge in [-0.05, 0) is 26.0 Å². The van der Waals surface area contributed by atoms with Crippen LogP contribution in [0, 0.1) is 0 Å². The molecule has 0 saturated carbocycles. The molecule has 1 aromatic carbocycles. The number of carbonyl (C=O) groups is 1. The molecule has 1 aromatic rings. The van der Waals surface area contributed by atoms with Crippen molar-refractivity contribution >= 4 is 21.7 Å². The molecule has 0 heterocycles. The number of carbonyl (C=O) groups excluding carboxylic acids is 1. The lowest BCUT2D eigenvalue weighted by molar-refractivity contribution is 0.101. The van der Waals surface area contributed by atoms with Crippen LogP contribution in [0.3, 0.4) is 0 Å². The minimum atomic E-state index is -2.60. The number of benzene rings is 1. The Kier molecular flexibility index (Phi) is 4.41. The van der Waals surface area contributed by atoms with Crippen molar-refractivity contribution in [1.29, 1.82) is 0 Å². The molecule has 88 valence electrons. The molecule has 0 bridgehead atoms. The number of ketones is 1. The molecule has 16 heavy (non-hydrogen) atoms. The Bertz CT molecular complexity index is 405. The first-order valence-electron chi connectivity index (χ1n) is 4.72. The van der Waals surface area contributed by atoms with Crippen LogP contribution in [0.5, 0.6) is 5.75 Å². The van der Waals surface area contributed by atoms with Crippen molar-refractivity contribution in [3.05, 3.63) is 27.7 Å².